The molecule has 2 atom stereocenters. The van der Waals surface area contributed by atoms with Gasteiger partial charge in [0, 0.05) is 12.6 Å². The van der Waals surface area contributed by atoms with E-state index in [9.17, 15) is 4.79 Å². The summed E-state index contributed by atoms with van der Waals surface area (Å²) >= 11 is 0. The van der Waals surface area contributed by atoms with E-state index < -0.39 is 5.97 Å². The van der Waals surface area contributed by atoms with Crippen molar-refractivity contribution < 1.29 is 9.90 Å². The van der Waals surface area contributed by atoms with Crippen LogP contribution in [0.2, 0.25) is 0 Å². The number of benzene rings is 2. The Bertz CT molecular complexity index is 592. The summed E-state index contributed by atoms with van der Waals surface area (Å²) in [4.78, 5) is 11.0. The summed E-state index contributed by atoms with van der Waals surface area (Å²) in [6.45, 7) is 0.556. The van der Waals surface area contributed by atoms with Crippen LogP contribution in [0.4, 0.5) is 0 Å². The Kier molecular flexibility index (Phi) is 3.52. The Morgan fingerprint density at radius 2 is 1.65 bits per heavy atom. The second-order valence-corrected chi connectivity index (χ2v) is 5.22. The van der Waals surface area contributed by atoms with E-state index in [0.717, 1.165) is 5.56 Å². The summed E-state index contributed by atoms with van der Waals surface area (Å²) in [5, 5.41) is 12.3. The molecule has 102 valence electrons. The van der Waals surface area contributed by atoms with Crippen LogP contribution >= 0.6 is 0 Å². The maximum atomic E-state index is 11.0. The van der Waals surface area contributed by atoms with Crippen molar-refractivity contribution in [2.24, 2.45) is 5.92 Å². The van der Waals surface area contributed by atoms with Crippen molar-refractivity contribution in [1.82, 2.24) is 5.32 Å². The van der Waals surface area contributed by atoms with Crippen LogP contribution in [0.15, 0.2) is 54.6 Å². The minimum absolute atomic E-state index is 0.154. The first kappa shape index (κ1) is 12.9. The lowest BCUT2D eigenvalue weighted by Crippen LogP contribution is -2.17. The molecule has 20 heavy (non-hydrogen) atoms. The fraction of sp³-hybridized carbons (Fsp3) is 0.235. The third-order valence-electron chi connectivity index (χ3n) is 3.90. The average Bonchev–Trinajstić information content (AvgIpc) is 2.98. The number of aliphatic carboxylic acids is 1. The second-order valence-electron chi connectivity index (χ2n) is 5.22. The summed E-state index contributed by atoms with van der Waals surface area (Å²) in [5.74, 6) is -0.977. The van der Waals surface area contributed by atoms with Gasteiger partial charge in [-0.05, 0) is 23.1 Å². The standard InChI is InChI=1S/C17H17NO2/c19-17(20)15-10-16(18-11-15)14-8-6-13(7-9-14)12-4-2-1-3-5-12/h1-9,15-16,18H,10-11H2,(H,19,20). The molecule has 1 saturated heterocycles. The van der Waals surface area contributed by atoms with E-state index in [1.54, 1.807) is 0 Å². The number of carboxylic acids is 1. The molecule has 0 saturated carbocycles. The van der Waals surface area contributed by atoms with Crippen molar-refractivity contribution in [2.45, 2.75) is 12.5 Å². The van der Waals surface area contributed by atoms with E-state index in [4.69, 9.17) is 5.11 Å². The normalized spacial score (nSPS) is 21.8. The van der Waals surface area contributed by atoms with Gasteiger partial charge >= 0.3 is 5.97 Å². The van der Waals surface area contributed by atoms with Crippen LogP contribution in [-0.4, -0.2) is 17.6 Å². The van der Waals surface area contributed by atoms with Crippen molar-refractivity contribution in [3.05, 3.63) is 60.2 Å². The van der Waals surface area contributed by atoms with E-state index in [0.29, 0.717) is 13.0 Å². The fourth-order valence-corrected chi connectivity index (χ4v) is 2.72. The summed E-state index contributed by atoms with van der Waals surface area (Å²) in [6.07, 6.45) is 0.667. The van der Waals surface area contributed by atoms with Crippen molar-refractivity contribution in [2.75, 3.05) is 6.54 Å². The minimum Gasteiger partial charge on any atom is -0.481 e. The zero-order chi connectivity index (χ0) is 13.9. The van der Waals surface area contributed by atoms with Crippen LogP contribution in [-0.2, 0) is 4.79 Å². The zero-order valence-corrected chi connectivity index (χ0v) is 11.1. The molecule has 1 fully saturated rings. The first-order valence-electron chi connectivity index (χ1n) is 6.85. The SMILES string of the molecule is O=C(O)C1CNC(c2ccc(-c3ccccc3)cc2)C1. The van der Waals surface area contributed by atoms with Crippen LogP contribution in [0.1, 0.15) is 18.0 Å². The first-order chi connectivity index (χ1) is 9.74. The molecular formula is C17H17NO2. The van der Waals surface area contributed by atoms with Gasteiger partial charge in [0.05, 0.1) is 5.92 Å². The third-order valence-corrected chi connectivity index (χ3v) is 3.90. The van der Waals surface area contributed by atoms with E-state index in [1.165, 1.54) is 11.1 Å². The zero-order valence-electron chi connectivity index (χ0n) is 11.1. The molecule has 2 aromatic carbocycles. The lowest BCUT2D eigenvalue weighted by atomic mass is 9.97. The predicted octanol–water partition coefficient (Wildman–Crippen LogP) is 3.09. The molecule has 1 aliphatic rings. The topological polar surface area (TPSA) is 49.3 Å². The van der Waals surface area contributed by atoms with E-state index in [2.05, 4.69) is 41.7 Å². The predicted molar refractivity (Wildman–Crippen MR) is 78.4 cm³/mol. The Labute approximate surface area is 118 Å². The minimum atomic E-state index is -0.707. The molecule has 1 heterocycles. The van der Waals surface area contributed by atoms with Gasteiger partial charge in [-0.3, -0.25) is 4.79 Å². The molecule has 0 bridgehead atoms. The number of rotatable bonds is 3. The van der Waals surface area contributed by atoms with Crippen molar-refractivity contribution in [3.63, 3.8) is 0 Å². The quantitative estimate of drug-likeness (QED) is 0.898. The molecule has 1 aliphatic heterocycles. The van der Waals surface area contributed by atoms with E-state index in [-0.39, 0.29) is 12.0 Å². The van der Waals surface area contributed by atoms with Gasteiger partial charge in [-0.25, -0.2) is 0 Å². The number of hydrogen-bond donors (Lipinski definition) is 2. The van der Waals surface area contributed by atoms with Crippen molar-refractivity contribution in [3.8, 4) is 11.1 Å². The summed E-state index contributed by atoms with van der Waals surface area (Å²) in [7, 11) is 0. The Balaban J connectivity index is 1.76. The Hall–Kier alpha value is -2.13. The number of carboxylic acid groups (broad SMARTS) is 1. The largest absolute Gasteiger partial charge is 0.481 e. The van der Waals surface area contributed by atoms with E-state index >= 15 is 0 Å². The van der Waals surface area contributed by atoms with Gasteiger partial charge in [-0.15, -0.1) is 0 Å². The average molecular weight is 267 g/mol. The molecule has 3 nitrogen and oxygen atoms in total. The Morgan fingerprint density at radius 1 is 1.00 bits per heavy atom. The molecule has 2 unspecified atom stereocenters. The van der Waals surface area contributed by atoms with Gasteiger partial charge in [0.25, 0.3) is 0 Å². The highest BCUT2D eigenvalue weighted by atomic mass is 16.4. The second kappa shape index (κ2) is 5.47. The first-order valence-corrected chi connectivity index (χ1v) is 6.85. The molecule has 3 rings (SSSR count). The third kappa shape index (κ3) is 2.58. The summed E-state index contributed by atoms with van der Waals surface area (Å²) in [6, 6.07) is 18.8. The van der Waals surface area contributed by atoms with Crippen LogP contribution in [0.25, 0.3) is 11.1 Å². The van der Waals surface area contributed by atoms with Gasteiger partial charge in [0.1, 0.15) is 0 Å². The van der Waals surface area contributed by atoms with Gasteiger partial charge in [0.2, 0.25) is 0 Å². The highest BCUT2D eigenvalue weighted by Crippen LogP contribution is 2.29. The van der Waals surface area contributed by atoms with Gasteiger partial charge in [-0.1, -0.05) is 54.6 Å². The fourth-order valence-electron chi connectivity index (χ4n) is 2.72. The molecule has 0 radical (unpaired) electrons. The van der Waals surface area contributed by atoms with Gasteiger partial charge in [0.15, 0.2) is 0 Å². The molecule has 2 aromatic rings. The Morgan fingerprint density at radius 3 is 2.25 bits per heavy atom. The lowest BCUT2D eigenvalue weighted by Gasteiger charge is -2.11. The lowest BCUT2D eigenvalue weighted by molar-refractivity contribution is -0.141. The van der Waals surface area contributed by atoms with Crippen LogP contribution in [0.3, 0.4) is 0 Å². The summed E-state index contributed by atoms with van der Waals surface area (Å²) in [5.41, 5.74) is 3.54. The molecular weight excluding hydrogens is 250 g/mol. The number of carbonyl (C=O) groups is 1. The maximum Gasteiger partial charge on any atom is 0.307 e. The molecule has 3 heteroatoms. The molecule has 0 aromatic heterocycles. The van der Waals surface area contributed by atoms with Gasteiger partial charge in [-0.2, -0.15) is 0 Å². The van der Waals surface area contributed by atoms with Gasteiger partial charge < -0.3 is 10.4 Å². The van der Waals surface area contributed by atoms with Crippen LogP contribution in [0, 0.1) is 5.92 Å². The van der Waals surface area contributed by atoms with E-state index in [1.807, 2.05) is 18.2 Å². The molecule has 0 amide bonds. The smallest absolute Gasteiger partial charge is 0.307 e. The highest BCUT2D eigenvalue weighted by Gasteiger charge is 2.29. The molecule has 2 N–H and O–H groups in total. The number of nitrogens with one attached hydrogen (secondary N) is 1. The van der Waals surface area contributed by atoms with Crippen molar-refractivity contribution in [1.29, 1.82) is 0 Å². The monoisotopic (exact) mass is 267 g/mol. The molecule has 0 spiro atoms. The molecule has 0 aliphatic carbocycles. The summed E-state index contributed by atoms with van der Waals surface area (Å²) < 4.78 is 0. The number of hydrogen-bond acceptors (Lipinski definition) is 2. The van der Waals surface area contributed by atoms with Crippen LogP contribution in [0.5, 0.6) is 0 Å². The maximum absolute atomic E-state index is 11.0. The van der Waals surface area contributed by atoms with Crippen LogP contribution < -0.4 is 5.32 Å². The highest BCUT2D eigenvalue weighted by molar-refractivity contribution is 5.71. The van der Waals surface area contributed by atoms with Crippen molar-refractivity contribution >= 4 is 5.97 Å².